The van der Waals surface area contributed by atoms with Gasteiger partial charge >= 0.3 is 145 Å². The number of rotatable bonds is 7. The number of hydrogen-bond donors (Lipinski definition) is 4. The molecule has 0 amide bonds. The van der Waals surface area contributed by atoms with Gasteiger partial charge in [0.05, 0.1) is 0 Å². The van der Waals surface area contributed by atoms with Crippen LogP contribution in [0.3, 0.4) is 0 Å². The Bertz CT molecular complexity index is 776. The number of H-pyrrole nitrogens is 1. The normalized spacial score (nSPS) is 13.6. The molecular formula is C16H20N5O3P. The number of benzene rings is 2. The first kappa shape index (κ1) is 17.6. The molecule has 2 aromatic carbocycles. The molecule has 0 radical (unpaired) electrons. The van der Waals surface area contributed by atoms with E-state index in [1.54, 1.807) is 0 Å². The Balaban J connectivity index is 1.73. The van der Waals surface area contributed by atoms with Crippen LogP contribution in [0.15, 0.2) is 54.6 Å². The van der Waals surface area contributed by atoms with Crippen LogP contribution in [0.25, 0.3) is 11.1 Å². The summed E-state index contributed by atoms with van der Waals surface area (Å²) in [6, 6.07) is 17.8. The van der Waals surface area contributed by atoms with E-state index in [9.17, 15) is 9.79 Å². The second kappa shape index (κ2) is 7.77. The number of hydroxylamine groups is 1. The number of tetrazole rings is 1. The zero-order valence-electron chi connectivity index (χ0n) is 13.6. The molecule has 0 aliphatic rings. The molecule has 3 aromatic rings. The molecule has 0 aliphatic heterocycles. The average Bonchev–Trinajstić information content (AvgIpc) is 3.14. The quantitative estimate of drug-likeness (QED) is 0.374. The molecule has 0 unspecified atom stereocenters. The molecule has 0 fully saturated rings. The molecule has 4 N–H and O–H groups in total. The van der Waals surface area contributed by atoms with Crippen molar-refractivity contribution < 1.29 is 14.4 Å². The van der Waals surface area contributed by atoms with Crippen LogP contribution in [-0.2, 0) is 11.0 Å². The molecule has 1 atom stereocenters. The minimum atomic E-state index is -3.70. The molecule has 0 saturated carbocycles. The molecule has 0 bridgehead atoms. The van der Waals surface area contributed by atoms with Crippen LogP contribution in [0.2, 0.25) is 0 Å². The number of aromatic nitrogens is 4. The molecule has 1 aromatic heterocycles. The van der Waals surface area contributed by atoms with Gasteiger partial charge in [0.2, 0.25) is 0 Å². The predicted octanol–water partition coefficient (Wildman–Crippen LogP) is 1.78. The fourth-order valence-corrected chi connectivity index (χ4v) is 2.76. The van der Waals surface area contributed by atoms with E-state index in [0.717, 1.165) is 16.7 Å². The van der Waals surface area contributed by atoms with E-state index >= 15 is 0 Å². The van der Waals surface area contributed by atoms with Gasteiger partial charge in [0.25, 0.3) is 0 Å². The summed E-state index contributed by atoms with van der Waals surface area (Å²) in [6.07, 6.45) is 0.510. The first-order valence-corrected chi connectivity index (χ1v) is 10.1. The molecule has 8 nitrogen and oxygen atoms in total. The van der Waals surface area contributed by atoms with E-state index in [2.05, 4.69) is 38.2 Å². The first-order valence-electron chi connectivity index (χ1n) is 7.77. The first-order chi connectivity index (χ1) is 12.0. The molecule has 9 heteroatoms. The van der Waals surface area contributed by atoms with Gasteiger partial charge in [-0.25, -0.2) is 0 Å². The number of nitrogens with zero attached hydrogens (tertiary/aromatic N) is 3. The monoisotopic (exact) mass is 361 g/mol. The maximum absolute atomic E-state index is 9.44. The van der Waals surface area contributed by atoms with Crippen molar-refractivity contribution in [3.8, 4) is 11.1 Å². The Kier molecular flexibility index (Phi) is 5.47. The summed E-state index contributed by atoms with van der Waals surface area (Å²) in [5.74, 6) is 0.449. The van der Waals surface area contributed by atoms with E-state index in [1.807, 2.05) is 42.5 Å². The van der Waals surface area contributed by atoms with Crippen LogP contribution < -0.4 is 5.48 Å². The van der Waals surface area contributed by atoms with Crippen molar-refractivity contribution in [1.82, 2.24) is 26.1 Å². The standard InChI is InChI=1S/C16H20N5O3P/c1-25(22,23)24-19-15(16-17-20-21-18-16)11-12-7-9-14(10-8-12)13-5-3-2-4-6-13/h2-10,15,19,22-23,25H,11H2,1H3,(H,17,18,20,21)/t15-/m0/s1. The van der Waals surface area contributed by atoms with Gasteiger partial charge in [0.15, 0.2) is 0 Å². The van der Waals surface area contributed by atoms with Gasteiger partial charge in [0, 0.05) is 0 Å². The van der Waals surface area contributed by atoms with E-state index in [4.69, 9.17) is 4.62 Å². The van der Waals surface area contributed by atoms with Gasteiger partial charge in [-0.1, -0.05) is 0 Å². The minimum absolute atomic E-state index is 0.441. The third-order valence-corrected chi connectivity index (χ3v) is 4.09. The summed E-state index contributed by atoms with van der Waals surface area (Å²) < 4.78 is 4.96. The zero-order valence-corrected chi connectivity index (χ0v) is 14.6. The second-order valence-electron chi connectivity index (χ2n) is 5.76. The van der Waals surface area contributed by atoms with E-state index < -0.39 is 14.0 Å². The summed E-state index contributed by atoms with van der Waals surface area (Å²) in [5, 5.41) is 13.6. The van der Waals surface area contributed by atoms with Crippen molar-refractivity contribution in [2.24, 2.45) is 0 Å². The average molecular weight is 361 g/mol. The fourth-order valence-electron chi connectivity index (χ4n) is 2.39. The van der Waals surface area contributed by atoms with Crippen molar-refractivity contribution in [2.45, 2.75) is 12.5 Å². The van der Waals surface area contributed by atoms with Crippen molar-refractivity contribution >= 4 is 7.94 Å². The van der Waals surface area contributed by atoms with Crippen molar-refractivity contribution in [1.29, 1.82) is 0 Å². The molecule has 25 heavy (non-hydrogen) atoms. The Morgan fingerprint density at radius 3 is 2.36 bits per heavy atom. The SMILES string of the molecule is C[PH](O)(O)ON[C@@H](Cc1ccc(-c2ccccc2)cc1)c1nnn[nH]1. The Morgan fingerprint density at radius 1 is 1.08 bits per heavy atom. The maximum atomic E-state index is 9.44. The molecule has 0 spiro atoms. The Labute approximate surface area is 145 Å². The third-order valence-electron chi connectivity index (χ3n) is 3.59. The van der Waals surface area contributed by atoms with Crippen LogP contribution >= 0.6 is 7.94 Å². The molecule has 132 valence electrons. The van der Waals surface area contributed by atoms with Crippen molar-refractivity contribution in [2.75, 3.05) is 6.66 Å². The van der Waals surface area contributed by atoms with Crippen LogP contribution in [-0.4, -0.2) is 37.1 Å². The molecule has 3 rings (SSSR count). The third kappa shape index (κ3) is 5.12. The predicted molar refractivity (Wildman–Crippen MR) is 95.4 cm³/mol. The summed E-state index contributed by atoms with van der Waals surface area (Å²) in [7, 11) is -3.70. The molecule has 0 saturated heterocycles. The van der Waals surface area contributed by atoms with Gasteiger partial charge in [0.1, 0.15) is 0 Å². The Morgan fingerprint density at radius 2 is 1.76 bits per heavy atom. The van der Waals surface area contributed by atoms with Crippen LogP contribution in [0.5, 0.6) is 0 Å². The Hall–Kier alpha value is -2.22. The zero-order chi connectivity index (χ0) is 17.7. The second-order valence-corrected chi connectivity index (χ2v) is 7.83. The van der Waals surface area contributed by atoms with Gasteiger partial charge < -0.3 is 0 Å². The molecule has 1 heterocycles. The summed E-state index contributed by atoms with van der Waals surface area (Å²) in [5.41, 5.74) is 5.94. The number of hydrogen-bond acceptors (Lipinski definition) is 7. The number of nitrogens with one attached hydrogen (secondary N) is 2. The van der Waals surface area contributed by atoms with Crippen LogP contribution in [0, 0.1) is 0 Å². The molecular weight excluding hydrogens is 341 g/mol. The van der Waals surface area contributed by atoms with Crippen LogP contribution in [0.4, 0.5) is 0 Å². The van der Waals surface area contributed by atoms with Crippen molar-refractivity contribution in [3.63, 3.8) is 0 Å². The molecule has 0 aliphatic carbocycles. The fraction of sp³-hybridized carbons (Fsp3) is 0.188. The van der Waals surface area contributed by atoms with E-state index in [-0.39, 0.29) is 0 Å². The van der Waals surface area contributed by atoms with E-state index in [0.29, 0.717) is 12.2 Å². The summed E-state index contributed by atoms with van der Waals surface area (Å²) >= 11 is 0. The number of aromatic amines is 1. The van der Waals surface area contributed by atoms with Gasteiger partial charge in [-0.15, -0.1) is 0 Å². The van der Waals surface area contributed by atoms with Gasteiger partial charge in [-0.05, 0) is 0 Å². The van der Waals surface area contributed by atoms with Gasteiger partial charge in [-0.2, -0.15) is 0 Å². The summed E-state index contributed by atoms with van der Waals surface area (Å²) in [6.45, 7) is 1.24. The van der Waals surface area contributed by atoms with Gasteiger partial charge in [-0.3, -0.25) is 0 Å². The van der Waals surface area contributed by atoms with Crippen molar-refractivity contribution in [3.05, 3.63) is 66.0 Å². The topological polar surface area (TPSA) is 116 Å². The van der Waals surface area contributed by atoms with E-state index in [1.165, 1.54) is 6.66 Å². The van der Waals surface area contributed by atoms with Crippen LogP contribution in [0.1, 0.15) is 17.4 Å². The summed E-state index contributed by atoms with van der Waals surface area (Å²) in [4.78, 5) is 18.9.